The lowest BCUT2D eigenvalue weighted by Crippen LogP contribution is -2.37. The van der Waals surface area contributed by atoms with E-state index >= 15 is 0 Å². The van der Waals surface area contributed by atoms with Crippen LogP contribution in [0.15, 0.2) is 66.9 Å². The number of carbonyl (C=O) groups excluding carboxylic acids is 2. The number of hydrogen-bond donors (Lipinski definition) is 1. The van der Waals surface area contributed by atoms with Crippen LogP contribution < -0.4 is 4.74 Å². The Morgan fingerprint density at radius 2 is 1.88 bits per heavy atom. The molecule has 0 spiro atoms. The third kappa shape index (κ3) is 5.14. The molecule has 1 N–H and O–H groups in total. The molecule has 0 aliphatic carbocycles. The molecule has 0 radical (unpaired) electrons. The number of carboxylic acids is 1. The fraction of sp³-hybridized carbons (Fsp3) is 0.269. The van der Waals surface area contributed by atoms with E-state index in [4.69, 9.17) is 4.74 Å². The molecule has 170 valence electrons. The Hall–Kier alpha value is -3.87. The van der Waals surface area contributed by atoms with Gasteiger partial charge in [-0.2, -0.15) is 0 Å². The molecular weight excluding hydrogens is 420 g/mol. The quantitative estimate of drug-likeness (QED) is 0.507. The van der Waals surface area contributed by atoms with Gasteiger partial charge in [0.05, 0.1) is 12.2 Å². The van der Waals surface area contributed by atoms with Gasteiger partial charge in [-0.05, 0) is 43.2 Å². The van der Waals surface area contributed by atoms with Crippen molar-refractivity contribution >= 4 is 17.7 Å². The van der Waals surface area contributed by atoms with Crippen molar-refractivity contribution in [2.75, 3.05) is 6.61 Å². The zero-order chi connectivity index (χ0) is 23.4. The zero-order valence-corrected chi connectivity index (χ0v) is 18.4. The predicted octanol–water partition coefficient (Wildman–Crippen LogP) is 3.68. The second kappa shape index (κ2) is 9.73. The largest absolute Gasteiger partial charge is 0.492 e. The van der Waals surface area contributed by atoms with E-state index in [0.717, 1.165) is 11.1 Å². The van der Waals surface area contributed by atoms with Crippen LogP contribution in [0.2, 0.25) is 0 Å². The molecule has 1 saturated heterocycles. The van der Waals surface area contributed by atoms with Crippen LogP contribution in [0.1, 0.15) is 40.0 Å². The molecule has 7 nitrogen and oxygen atoms in total. The number of rotatable bonds is 9. The number of likely N-dealkylation sites (tertiary alicyclic amines) is 1. The molecule has 1 fully saturated rings. The SMILES string of the molecule is Cc1ccc(C(=O)c2cccn2CCOc2cccc(CN3C(=O)CC[C@@H]3C(=O)O)c2)cc1. The predicted molar refractivity (Wildman–Crippen MR) is 122 cm³/mol. The van der Waals surface area contributed by atoms with E-state index in [-0.39, 0.29) is 24.7 Å². The smallest absolute Gasteiger partial charge is 0.326 e. The third-order valence-electron chi connectivity index (χ3n) is 5.84. The standard InChI is InChI=1S/C26H26N2O5/c1-18-7-9-20(10-8-18)25(30)22-6-3-13-27(22)14-15-33-21-5-2-4-19(16-21)17-28-23(26(31)32)11-12-24(28)29/h2-10,13,16,23H,11-12,14-15,17H2,1H3,(H,31,32)/t23-/m1/s1. The molecule has 1 atom stereocenters. The summed E-state index contributed by atoms with van der Waals surface area (Å²) in [6.45, 7) is 3.07. The second-order valence-electron chi connectivity index (χ2n) is 8.19. The van der Waals surface area contributed by atoms with Gasteiger partial charge in [0.25, 0.3) is 0 Å². The number of benzene rings is 2. The maximum atomic E-state index is 12.8. The summed E-state index contributed by atoms with van der Waals surface area (Å²) in [5, 5.41) is 9.34. The second-order valence-corrected chi connectivity index (χ2v) is 8.19. The number of ether oxygens (including phenoxy) is 1. The molecule has 0 bridgehead atoms. The van der Waals surface area contributed by atoms with Crippen molar-refractivity contribution in [2.45, 2.75) is 38.9 Å². The highest BCUT2D eigenvalue weighted by atomic mass is 16.5. The minimum Gasteiger partial charge on any atom is -0.492 e. The first-order chi connectivity index (χ1) is 15.9. The molecule has 1 aliphatic heterocycles. The van der Waals surface area contributed by atoms with Crippen LogP contribution in [0.5, 0.6) is 5.75 Å². The number of carbonyl (C=O) groups is 3. The number of aliphatic carboxylic acids is 1. The maximum absolute atomic E-state index is 12.8. The Labute approximate surface area is 192 Å². The summed E-state index contributed by atoms with van der Waals surface area (Å²) >= 11 is 0. The number of aromatic nitrogens is 1. The summed E-state index contributed by atoms with van der Waals surface area (Å²) in [4.78, 5) is 37.7. The fourth-order valence-electron chi connectivity index (χ4n) is 4.05. The molecule has 7 heteroatoms. The Morgan fingerprint density at radius 1 is 1.09 bits per heavy atom. The number of carboxylic acid groups (broad SMARTS) is 1. The number of nitrogens with zero attached hydrogens (tertiary/aromatic N) is 2. The molecule has 33 heavy (non-hydrogen) atoms. The first-order valence-electron chi connectivity index (χ1n) is 10.9. The number of hydrogen-bond acceptors (Lipinski definition) is 4. The molecule has 1 aromatic heterocycles. The highest BCUT2D eigenvalue weighted by molar-refractivity contribution is 6.08. The van der Waals surface area contributed by atoms with Gasteiger partial charge in [0.2, 0.25) is 11.7 Å². The lowest BCUT2D eigenvalue weighted by molar-refractivity contribution is -0.146. The Bertz CT molecular complexity index is 1170. The van der Waals surface area contributed by atoms with Gasteiger partial charge >= 0.3 is 5.97 Å². The van der Waals surface area contributed by atoms with Gasteiger partial charge in [0.1, 0.15) is 18.4 Å². The average Bonchev–Trinajstić information content (AvgIpc) is 3.41. The summed E-state index contributed by atoms with van der Waals surface area (Å²) < 4.78 is 7.76. The van der Waals surface area contributed by atoms with E-state index in [9.17, 15) is 19.5 Å². The number of aryl methyl sites for hydroxylation is 1. The normalized spacial score (nSPS) is 15.6. The van der Waals surface area contributed by atoms with Gasteiger partial charge in [0, 0.05) is 24.7 Å². The fourth-order valence-corrected chi connectivity index (χ4v) is 4.05. The minimum absolute atomic E-state index is 0.0368. The first kappa shape index (κ1) is 22.3. The van der Waals surface area contributed by atoms with E-state index in [1.165, 1.54) is 4.90 Å². The third-order valence-corrected chi connectivity index (χ3v) is 5.84. The lowest BCUT2D eigenvalue weighted by atomic mass is 10.1. The van der Waals surface area contributed by atoms with E-state index < -0.39 is 12.0 Å². The van der Waals surface area contributed by atoms with E-state index in [0.29, 0.717) is 36.6 Å². The van der Waals surface area contributed by atoms with Crippen molar-refractivity contribution in [1.82, 2.24) is 9.47 Å². The lowest BCUT2D eigenvalue weighted by Gasteiger charge is -2.22. The van der Waals surface area contributed by atoms with Crippen LogP contribution in [0, 0.1) is 6.92 Å². The minimum atomic E-state index is -0.976. The summed E-state index contributed by atoms with van der Waals surface area (Å²) in [5.74, 6) is -0.530. The first-order valence-corrected chi connectivity index (χ1v) is 10.9. The Balaban J connectivity index is 1.37. The topological polar surface area (TPSA) is 88.8 Å². The highest BCUT2D eigenvalue weighted by Crippen LogP contribution is 2.23. The van der Waals surface area contributed by atoms with Gasteiger partial charge in [-0.15, -0.1) is 0 Å². The van der Waals surface area contributed by atoms with Crippen LogP contribution in [-0.2, 0) is 22.7 Å². The molecule has 0 saturated carbocycles. The van der Waals surface area contributed by atoms with Crippen molar-refractivity contribution in [3.8, 4) is 5.75 Å². The van der Waals surface area contributed by atoms with Crippen molar-refractivity contribution in [3.05, 3.63) is 89.2 Å². The van der Waals surface area contributed by atoms with Crippen LogP contribution >= 0.6 is 0 Å². The summed E-state index contributed by atoms with van der Waals surface area (Å²) in [6.07, 6.45) is 2.45. The van der Waals surface area contributed by atoms with Crippen molar-refractivity contribution in [3.63, 3.8) is 0 Å². The molecule has 4 rings (SSSR count). The monoisotopic (exact) mass is 446 g/mol. The zero-order valence-electron chi connectivity index (χ0n) is 18.4. The summed E-state index contributed by atoms with van der Waals surface area (Å²) in [5.41, 5.74) is 3.16. The van der Waals surface area contributed by atoms with Crippen LogP contribution in [-0.4, -0.2) is 44.9 Å². The number of amides is 1. The van der Waals surface area contributed by atoms with Crippen LogP contribution in [0.25, 0.3) is 0 Å². The molecule has 1 aliphatic rings. The van der Waals surface area contributed by atoms with Crippen molar-refractivity contribution in [1.29, 1.82) is 0 Å². The molecule has 2 heterocycles. The summed E-state index contributed by atoms with van der Waals surface area (Å²) in [7, 11) is 0. The molecule has 3 aromatic rings. The molecule has 0 unspecified atom stereocenters. The van der Waals surface area contributed by atoms with Gasteiger partial charge in [-0.3, -0.25) is 9.59 Å². The van der Waals surface area contributed by atoms with Crippen LogP contribution in [0.3, 0.4) is 0 Å². The van der Waals surface area contributed by atoms with Gasteiger partial charge in [0.15, 0.2) is 0 Å². The summed E-state index contributed by atoms with van der Waals surface area (Å²) in [6, 6.07) is 17.7. The molecule has 1 amide bonds. The number of ketones is 1. The Morgan fingerprint density at radius 3 is 2.64 bits per heavy atom. The Kier molecular flexibility index (Phi) is 6.58. The van der Waals surface area contributed by atoms with Crippen molar-refractivity contribution in [2.24, 2.45) is 0 Å². The van der Waals surface area contributed by atoms with E-state index in [1.54, 1.807) is 6.07 Å². The van der Waals surface area contributed by atoms with Gasteiger partial charge < -0.3 is 19.3 Å². The van der Waals surface area contributed by atoms with E-state index in [2.05, 4.69) is 0 Å². The molecular formula is C26H26N2O5. The molecule has 2 aromatic carbocycles. The van der Waals surface area contributed by atoms with Gasteiger partial charge in [-0.1, -0.05) is 42.0 Å². The maximum Gasteiger partial charge on any atom is 0.326 e. The van der Waals surface area contributed by atoms with Crippen molar-refractivity contribution < 1.29 is 24.2 Å². The highest BCUT2D eigenvalue weighted by Gasteiger charge is 2.35. The van der Waals surface area contributed by atoms with Crippen LogP contribution in [0.4, 0.5) is 0 Å². The van der Waals surface area contributed by atoms with Gasteiger partial charge in [-0.25, -0.2) is 4.79 Å². The van der Waals surface area contributed by atoms with E-state index in [1.807, 2.05) is 72.3 Å². The average molecular weight is 447 g/mol.